The van der Waals surface area contributed by atoms with E-state index in [1.54, 1.807) is 0 Å². The number of carbonyl (C=O) groups excluding carboxylic acids is 2. The van der Waals surface area contributed by atoms with Gasteiger partial charge in [-0.2, -0.15) is 0 Å². The molecule has 0 bridgehead atoms. The largest absolute Gasteiger partial charge is 0.444 e. The minimum absolute atomic E-state index is 0. The molecule has 0 saturated carbocycles. The molecule has 4 N–H and O–H groups in total. The van der Waals surface area contributed by atoms with Gasteiger partial charge >= 0.3 is 6.09 Å². The Morgan fingerprint density at radius 2 is 1.66 bits per heavy atom. The Morgan fingerprint density at radius 3 is 2.21 bits per heavy atom. The predicted molar refractivity (Wildman–Crippen MR) is 128 cm³/mol. The molecule has 29 heavy (non-hydrogen) atoms. The van der Waals surface area contributed by atoms with Crippen LogP contribution in [0.1, 0.15) is 40.2 Å². The number of nitrogens with one attached hydrogen (secondary N) is 4. The van der Waals surface area contributed by atoms with Crippen LogP contribution in [0.15, 0.2) is 29.3 Å². The maximum absolute atomic E-state index is 11.8. The van der Waals surface area contributed by atoms with Crippen molar-refractivity contribution in [3.63, 3.8) is 0 Å². The second kappa shape index (κ2) is 14.0. The van der Waals surface area contributed by atoms with Crippen LogP contribution in [-0.2, 0) is 16.0 Å². The quantitative estimate of drug-likeness (QED) is 0.183. The Hall–Kier alpha value is -2.04. The molecule has 0 aliphatic heterocycles. The van der Waals surface area contributed by atoms with Crippen molar-refractivity contribution in [3.8, 4) is 0 Å². The fraction of sp³-hybridized carbons (Fsp3) is 0.550. The number of hydrogen-bond donors (Lipinski definition) is 4. The minimum atomic E-state index is -0.525. The van der Waals surface area contributed by atoms with Crippen LogP contribution >= 0.6 is 24.0 Å². The zero-order chi connectivity index (χ0) is 21.0. The van der Waals surface area contributed by atoms with Gasteiger partial charge in [0.05, 0.1) is 0 Å². The maximum atomic E-state index is 11.8. The van der Waals surface area contributed by atoms with E-state index in [9.17, 15) is 9.59 Å². The van der Waals surface area contributed by atoms with Crippen LogP contribution in [0.2, 0.25) is 0 Å². The highest BCUT2D eigenvalue weighted by Crippen LogP contribution is 2.13. The molecule has 0 spiro atoms. The van der Waals surface area contributed by atoms with Crippen LogP contribution in [0, 0.1) is 0 Å². The van der Waals surface area contributed by atoms with Crippen molar-refractivity contribution in [2.45, 2.75) is 46.6 Å². The number of nitrogens with zero attached hydrogens (tertiary/aromatic N) is 1. The van der Waals surface area contributed by atoms with Crippen molar-refractivity contribution in [1.29, 1.82) is 0 Å². The van der Waals surface area contributed by atoms with Gasteiger partial charge < -0.3 is 20.7 Å². The van der Waals surface area contributed by atoms with Crippen molar-refractivity contribution in [3.05, 3.63) is 29.8 Å². The summed E-state index contributed by atoms with van der Waals surface area (Å²) in [5, 5.41) is 11.8. The van der Waals surface area contributed by atoms with Crippen LogP contribution in [0.3, 0.4) is 0 Å². The molecule has 0 unspecified atom stereocenters. The van der Waals surface area contributed by atoms with E-state index in [-0.39, 0.29) is 29.9 Å². The van der Waals surface area contributed by atoms with E-state index in [4.69, 9.17) is 4.74 Å². The zero-order valence-electron chi connectivity index (χ0n) is 17.9. The summed E-state index contributed by atoms with van der Waals surface area (Å²) in [6.45, 7) is 11.5. The van der Waals surface area contributed by atoms with Crippen molar-refractivity contribution < 1.29 is 14.3 Å². The molecule has 0 atom stereocenters. The van der Waals surface area contributed by atoms with Crippen molar-refractivity contribution in [1.82, 2.24) is 16.0 Å². The number of carbonyl (C=O) groups is 2. The molecule has 9 heteroatoms. The summed E-state index contributed by atoms with van der Waals surface area (Å²) in [6.07, 6.45) is 0.306. The van der Waals surface area contributed by atoms with Gasteiger partial charge in [-0.15, -0.1) is 24.0 Å². The van der Waals surface area contributed by atoms with Gasteiger partial charge in [-0.3, -0.25) is 15.1 Å². The Balaban J connectivity index is 0.00000784. The molecule has 0 heterocycles. The highest BCUT2D eigenvalue weighted by atomic mass is 127. The lowest BCUT2D eigenvalue weighted by Crippen LogP contribution is -2.41. The molecule has 0 aromatic heterocycles. The van der Waals surface area contributed by atoms with Gasteiger partial charge in [-0.1, -0.05) is 12.1 Å². The standard InChI is InChI=1S/C20H33N5O3.HI/c1-6-21-18(24-14-13-22-15(2)26)23-12-11-16-7-9-17(10-8-16)25-19(27)28-20(3,4)5;/h7-10H,6,11-14H2,1-5H3,(H,22,26)(H,25,27)(H2,21,23,24);1H. The number of guanidine groups is 1. The molecule has 8 nitrogen and oxygen atoms in total. The average Bonchev–Trinajstić information content (AvgIpc) is 2.58. The summed E-state index contributed by atoms with van der Waals surface area (Å²) in [5.74, 6) is 0.671. The number of rotatable bonds is 8. The molecule has 0 aliphatic rings. The van der Waals surface area contributed by atoms with Gasteiger partial charge in [0.2, 0.25) is 5.91 Å². The topological polar surface area (TPSA) is 104 Å². The molecular formula is C20H34IN5O3. The summed E-state index contributed by atoms with van der Waals surface area (Å²) < 4.78 is 5.23. The van der Waals surface area contributed by atoms with E-state index in [2.05, 4.69) is 26.3 Å². The number of aliphatic imine (C=N–C) groups is 1. The maximum Gasteiger partial charge on any atom is 0.412 e. The summed E-state index contributed by atoms with van der Waals surface area (Å²) in [6, 6.07) is 7.61. The second-order valence-electron chi connectivity index (χ2n) is 7.24. The molecule has 2 amide bonds. The lowest BCUT2D eigenvalue weighted by Gasteiger charge is -2.19. The fourth-order valence-corrected chi connectivity index (χ4v) is 2.23. The number of hydrogen-bond acceptors (Lipinski definition) is 4. The van der Waals surface area contributed by atoms with Gasteiger partial charge in [0.15, 0.2) is 5.96 Å². The zero-order valence-corrected chi connectivity index (χ0v) is 20.3. The monoisotopic (exact) mass is 519 g/mol. The molecule has 0 aliphatic carbocycles. The van der Waals surface area contributed by atoms with Crippen molar-refractivity contribution in [2.75, 3.05) is 31.5 Å². The van der Waals surface area contributed by atoms with E-state index < -0.39 is 11.7 Å². The van der Waals surface area contributed by atoms with E-state index in [0.29, 0.717) is 25.3 Å². The van der Waals surface area contributed by atoms with Gasteiger partial charge in [0, 0.05) is 38.8 Å². The molecule has 0 fully saturated rings. The van der Waals surface area contributed by atoms with Crippen molar-refractivity contribution in [2.24, 2.45) is 4.99 Å². The van der Waals surface area contributed by atoms with Crippen molar-refractivity contribution >= 4 is 47.6 Å². The third kappa shape index (κ3) is 13.7. The molecular weight excluding hydrogens is 485 g/mol. The summed E-state index contributed by atoms with van der Waals surface area (Å²) in [4.78, 5) is 27.2. The van der Waals surface area contributed by atoms with Crippen LogP contribution in [0.5, 0.6) is 0 Å². The number of ether oxygens (including phenoxy) is 1. The molecule has 0 saturated heterocycles. The molecule has 0 radical (unpaired) electrons. The van der Waals surface area contributed by atoms with E-state index in [1.807, 2.05) is 52.0 Å². The Labute approximate surface area is 190 Å². The number of amides is 2. The fourth-order valence-electron chi connectivity index (χ4n) is 2.23. The lowest BCUT2D eigenvalue weighted by molar-refractivity contribution is -0.118. The first-order chi connectivity index (χ1) is 13.2. The third-order valence-electron chi connectivity index (χ3n) is 3.41. The second-order valence-corrected chi connectivity index (χ2v) is 7.24. The van der Waals surface area contributed by atoms with Crippen LogP contribution in [-0.4, -0.2) is 49.7 Å². The summed E-state index contributed by atoms with van der Waals surface area (Å²) in [7, 11) is 0. The summed E-state index contributed by atoms with van der Waals surface area (Å²) in [5.41, 5.74) is 1.28. The highest BCUT2D eigenvalue weighted by Gasteiger charge is 2.16. The molecule has 164 valence electrons. The number of halogens is 1. The van der Waals surface area contributed by atoms with Crippen LogP contribution in [0.4, 0.5) is 10.5 Å². The van der Waals surface area contributed by atoms with Gasteiger partial charge in [-0.05, 0) is 51.8 Å². The summed E-state index contributed by atoms with van der Waals surface area (Å²) >= 11 is 0. The molecule has 1 rings (SSSR count). The minimum Gasteiger partial charge on any atom is -0.444 e. The highest BCUT2D eigenvalue weighted by molar-refractivity contribution is 14.0. The van der Waals surface area contributed by atoms with Gasteiger partial charge in [-0.25, -0.2) is 4.79 Å². The van der Waals surface area contributed by atoms with E-state index in [0.717, 1.165) is 24.5 Å². The van der Waals surface area contributed by atoms with E-state index >= 15 is 0 Å². The van der Waals surface area contributed by atoms with E-state index in [1.165, 1.54) is 6.92 Å². The van der Waals surface area contributed by atoms with Gasteiger partial charge in [0.25, 0.3) is 0 Å². The normalized spacial score (nSPS) is 11.1. The first-order valence-corrected chi connectivity index (χ1v) is 9.55. The average molecular weight is 519 g/mol. The Kier molecular flexibility index (Phi) is 13.0. The lowest BCUT2D eigenvalue weighted by atomic mass is 10.1. The SMILES string of the molecule is CCNC(=NCCc1ccc(NC(=O)OC(C)(C)C)cc1)NCCNC(C)=O.I. The van der Waals surface area contributed by atoms with Crippen LogP contribution < -0.4 is 21.3 Å². The molecule has 1 aromatic carbocycles. The number of anilines is 1. The first kappa shape index (κ1) is 27.0. The Morgan fingerprint density at radius 1 is 1.03 bits per heavy atom. The van der Waals surface area contributed by atoms with Crippen LogP contribution in [0.25, 0.3) is 0 Å². The first-order valence-electron chi connectivity index (χ1n) is 9.55. The van der Waals surface area contributed by atoms with Gasteiger partial charge in [0.1, 0.15) is 5.60 Å². The smallest absolute Gasteiger partial charge is 0.412 e. The number of benzene rings is 1. The predicted octanol–water partition coefficient (Wildman–Crippen LogP) is 2.89. The third-order valence-corrected chi connectivity index (χ3v) is 3.41. The molecule has 1 aromatic rings. The Bertz CT molecular complexity index is 657.